The molecule has 3 nitrogen and oxygen atoms in total. The minimum absolute atomic E-state index is 0.216. The van der Waals surface area contributed by atoms with Crippen LogP contribution in [0.5, 0.6) is 0 Å². The molecule has 1 fully saturated rings. The van der Waals surface area contributed by atoms with Crippen LogP contribution in [0, 0.1) is 0 Å². The van der Waals surface area contributed by atoms with Crippen LogP contribution in [0.15, 0.2) is 30.5 Å². The molecule has 2 heterocycles. The van der Waals surface area contributed by atoms with Gasteiger partial charge in [0.1, 0.15) is 0 Å². The normalized spacial score (nSPS) is 15.4. The van der Waals surface area contributed by atoms with E-state index in [1.54, 1.807) is 6.20 Å². The number of aromatic nitrogens is 2. The Hall–Kier alpha value is -1.32. The summed E-state index contributed by atoms with van der Waals surface area (Å²) in [7, 11) is 0. The summed E-state index contributed by atoms with van der Waals surface area (Å²) in [5, 5.41) is 0.734. The summed E-state index contributed by atoms with van der Waals surface area (Å²) in [5.74, 6) is 0. The highest BCUT2D eigenvalue weighted by atomic mass is 35.5. The van der Waals surface area contributed by atoms with Crippen LogP contribution < -0.4 is 4.90 Å². The molecule has 1 aromatic heterocycles. The summed E-state index contributed by atoms with van der Waals surface area (Å²) in [6.07, 6.45) is 5.37. The maximum atomic E-state index is 6.17. The average Bonchev–Trinajstić information content (AvgIpc) is 2.51. The Labute approximate surface area is 128 Å². The first-order valence-corrected chi connectivity index (χ1v) is 7.53. The molecular weight excluding hydrogens is 293 g/mol. The van der Waals surface area contributed by atoms with Gasteiger partial charge < -0.3 is 4.90 Å². The second-order valence-electron chi connectivity index (χ2n) is 4.93. The van der Waals surface area contributed by atoms with Crippen molar-refractivity contribution in [2.24, 2.45) is 0 Å². The lowest BCUT2D eigenvalue weighted by atomic mass is 10.1. The van der Waals surface area contributed by atoms with E-state index in [1.807, 2.05) is 12.1 Å². The highest BCUT2D eigenvalue weighted by Crippen LogP contribution is 2.30. The standard InChI is InChI=1S/C15H15Cl2N3/c16-13-10-18-15(17)19-14(13)11-5-4-6-12(9-11)20-7-2-1-3-8-20/h4-6,9-10H,1-3,7-8H2. The van der Waals surface area contributed by atoms with Gasteiger partial charge in [0.05, 0.1) is 16.9 Å². The zero-order valence-corrected chi connectivity index (χ0v) is 12.5. The topological polar surface area (TPSA) is 29.0 Å². The van der Waals surface area contributed by atoms with Gasteiger partial charge in [-0.25, -0.2) is 9.97 Å². The molecule has 1 aromatic carbocycles. The zero-order chi connectivity index (χ0) is 13.9. The molecule has 0 bridgehead atoms. The molecular formula is C15H15Cl2N3. The lowest BCUT2D eigenvalue weighted by Crippen LogP contribution is -2.29. The van der Waals surface area contributed by atoms with E-state index in [0.29, 0.717) is 10.7 Å². The molecule has 1 aliphatic rings. The minimum Gasteiger partial charge on any atom is -0.372 e. The molecule has 0 saturated carbocycles. The van der Waals surface area contributed by atoms with Crippen molar-refractivity contribution in [1.29, 1.82) is 0 Å². The zero-order valence-electron chi connectivity index (χ0n) is 11.0. The molecule has 2 aromatic rings. The van der Waals surface area contributed by atoms with Crippen molar-refractivity contribution in [3.8, 4) is 11.3 Å². The van der Waals surface area contributed by atoms with Crippen LogP contribution in [0.3, 0.4) is 0 Å². The van der Waals surface area contributed by atoms with Gasteiger partial charge in [-0.3, -0.25) is 0 Å². The van der Waals surface area contributed by atoms with Crippen molar-refractivity contribution in [3.05, 3.63) is 40.8 Å². The van der Waals surface area contributed by atoms with Gasteiger partial charge in [-0.1, -0.05) is 23.7 Å². The number of hydrogen-bond acceptors (Lipinski definition) is 3. The number of halogens is 2. The predicted octanol–water partition coefficient (Wildman–Crippen LogP) is 4.44. The molecule has 3 rings (SSSR count). The van der Waals surface area contributed by atoms with Crippen molar-refractivity contribution in [2.75, 3.05) is 18.0 Å². The van der Waals surface area contributed by atoms with E-state index in [9.17, 15) is 0 Å². The van der Waals surface area contributed by atoms with Gasteiger partial charge in [-0.2, -0.15) is 0 Å². The molecule has 0 atom stereocenters. The van der Waals surface area contributed by atoms with Gasteiger partial charge in [0, 0.05) is 24.3 Å². The molecule has 0 N–H and O–H groups in total. The van der Waals surface area contributed by atoms with E-state index in [2.05, 4.69) is 27.0 Å². The first kappa shape index (κ1) is 13.7. The van der Waals surface area contributed by atoms with Crippen LogP contribution in [0.2, 0.25) is 10.3 Å². The average molecular weight is 308 g/mol. The van der Waals surface area contributed by atoms with Crippen molar-refractivity contribution in [1.82, 2.24) is 9.97 Å². The Bertz CT molecular complexity index is 610. The lowest BCUT2D eigenvalue weighted by molar-refractivity contribution is 0.578. The first-order valence-electron chi connectivity index (χ1n) is 6.77. The number of nitrogens with zero attached hydrogens (tertiary/aromatic N) is 3. The summed E-state index contributed by atoms with van der Waals surface area (Å²) in [6.45, 7) is 2.23. The van der Waals surface area contributed by atoms with Crippen molar-refractivity contribution in [2.45, 2.75) is 19.3 Å². The Morgan fingerprint density at radius 1 is 1.05 bits per heavy atom. The van der Waals surface area contributed by atoms with Crippen molar-refractivity contribution in [3.63, 3.8) is 0 Å². The van der Waals surface area contributed by atoms with E-state index >= 15 is 0 Å². The van der Waals surface area contributed by atoms with Crippen LogP contribution in [0.4, 0.5) is 5.69 Å². The molecule has 20 heavy (non-hydrogen) atoms. The fourth-order valence-electron chi connectivity index (χ4n) is 2.55. The van der Waals surface area contributed by atoms with Crippen LogP contribution in [0.1, 0.15) is 19.3 Å². The van der Waals surface area contributed by atoms with Crippen LogP contribution in [0.25, 0.3) is 11.3 Å². The van der Waals surface area contributed by atoms with E-state index in [1.165, 1.54) is 24.9 Å². The molecule has 104 valence electrons. The largest absolute Gasteiger partial charge is 0.372 e. The molecule has 0 spiro atoms. The molecule has 0 amide bonds. The SMILES string of the molecule is Clc1ncc(Cl)c(-c2cccc(N3CCCCC3)c2)n1. The second kappa shape index (κ2) is 5.98. The van der Waals surface area contributed by atoms with Crippen molar-refractivity contribution < 1.29 is 0 Å². The smallest absolute Gasteiger partial charge is 0.222 e. The number of hydrogen-bond donors (Lipinski definition) is 0. The Kier molecular flexibility index (Phi) is 4.08. The molecule has 0 radical (unpaired) electrons. The first-order chi connectivity index (χ1) is 9.74. The van der Waals surface area contributed by atoms with E-state index in [4.69, 9.17) is 23.2 Å². The number of anilines is 1. The summed E-state index contributed by atoms with van der Waals surface area (Å²) in [5.41, 5.74) is 2.88. The molecule has 0 unspecified atom stereocenters. The second-order valence-corrected chi connectivity index (χ2v) is 5.68. The maximum Gasteiger partial charge on any atom is 0.222 e. The van der Waals surface area contributed by atoms with Crippen LogP contribution >= 0.6 is 23.2 Å². The molecule has 0 aliphatic carbocycles. The minimum atomic E-state index is 0.216. The predicted molar refractivity (Wildman–Crippen MR) is 83.6 cm³/mol. The number of rotatable bonds is 2. The fourth-order valence-corrected chi connectivity index (χ4v) is 2.88. The molecule has 5 heteroatoms. The Morgan fingerprint density at radius 3 is 2.65 bits per heavy atom. The van der Waals surface area contributed by atoms with Gasteiger partial charge in [0.15, 0.2) is 0 Å². The number of piperidine rings is 1. The monoisotopic (exact) mass is 307 g/mol. The quantitative estimate of drug-likeness (QED) is 0.768. The third-order valence-corrected chi connectivity index (χ3v) is 4.01. The van der Waals surface area contributed by atoms with Gasteiger partial charge in [0.2, 0.25) is 5.28 Å². The summed E-state index contributed by atoms with van der Waals surface area (Å²) < 4.78 is 0. The number of benzene rings is 1. The fraction of sp³-hybridized carbons (Fsp3) is 0.333. The van der Waals surface area contributed by atoms with E-state index < -0.39 is 0 Å². The summed E-state index contributed by atoms with van der Waals surface area (Å²) in [4.78, 5) is 10.5. The van der Waals surface area contributed by atoms with Crippen molar-refractivity contribution >= 4 is 28.9 Å². The highest BCUT2D eigenvalue weighted by molar-refractivity contribution is 6.33. The maximum absolute atomic E-state index is 6.17. The Balaban J connectivity index is 1.96. The van der Waals surface area contributed by atoms with E-state index in [0.717, 1.165) is 18.7 Å². The molecule has 1 saturated heterocycles. The summed E-state index contributed by atoms with van der Waals surface area (Å²) in [6, 6.07) is 8.28. The summed E-state index contributed by atoms with van der Waals surface area (Å²) >= 11 is 12.0. The van der Waals surface area contributed by atoms with Crippen LogP contribution in [-0.2, 0) is 0 Å². The van der Waals surface area contributed by atoms with Gasteiger partial charge in [-0.15, -0.1) is 0 Å². The lowest BCUT2D eigenvalue weighted by Gasteiger charge is -2.29. The highest BCUT2D eigenvalue weighted by Gasteiger charge is 2.13. The van der Waals surface area contributed by atoms with E-state index in [-0.39, 0.29) is 5.28 Å². The Morgan fingerprint density at radius 2 is 1.85 bits per heavy atom. The van der Waals surface area contributed by atoms with Crippen LogP contribution in [-0.4, -0.2) is 23.1 Å². The third-order valence-electron chi connectivity index (χ3n) is 3.56. The molecule has 1 aliphatic heterocycles. The van der Waals surface area contributed by atoms with Gasteiger partial charge >= 0.3 is 0 Å². The van der Waals surface area contributed by atoms with Gasteiger partial charge in [0.25, 0.3) is 0 Å². The van der Waals surface area contributed by atoms with Gasteiger partial charge in [-0.05, 0) is 43.0 Å². The third kappa shape index (κ3) is 2.89.